The van der Waals surface area contributed by atoms with Crippen LogP contribution in [0.3, 0.4) is 0 Å². The van der Waals surface area contributed by atoms with Gasteiger partial charge in [0.05, 0.1) is 0 Å². The molecule has 0 heterocycles. The van der Waals surface area contributed by atoms with Crippen molar-refractivity contribution in [2.75, 3.05) is 7.05 Å². The minimum Gasteiger partial charge on any atom is -0.342 e. The Balaban J connectivity index is 4.58. The van der Waals surface area contributed by atoms with Crippen molar-refractivity contribution in [2.45, 2.75) is 59.9 Å². The Hall–Kier alpha value is -0.530. The number of hydrogen-bond acceptors (Lipinski definition) is 1. The lowest BCUT2D eigenvalue weighted by atomic mass is 9.90. The Bertz CT molecular complexity index is 185. The van der Waals surface area contributed by atoms with Gasteiger partial charge in [0.25, 0.3) is 0 Å². The van der Waals surface area contributed by atoms with Crippen LogP contribution >= 0.6 is 0 Å². The van der Waals surface area contributed by atoms with Crippen molar-refractivity contribution in [3.8, 4) is 0 Å². The summed E-state index contributed by atoms with van der Waals surface area (Å²) in [6.07, 6.45) is 3.37. The lowest BCUT2D eigenvalue weighted by Gasteiger charge is -2.34. The quantitative estimate of drug-likeness (QED) is 0.663. The van der Waals surface area contributed by atoms with Crippen LogP contribution in [0.15, 0.2) is 0 Å². The molecule has 0 aliphatic heterocycles. The van der Waals surface area contributed by atoms with Crippen LogP contribution in [0.4, 0.5) is 0 Å². The third kappa shape index (κ3) is 3.84. The van der Waals surface area contributed by atoms with E-state index >= 15 is 0 Å². The van der Waals surface area contributed by atoms with Gasteiger partial charge in [-0.2, -0.15) is 0 Å². The molecule has 0 aromatic carbocycles. The number of hydrogen-bond donors (Lipinski definition) is 0. The molecule has 0 fully saturated rings. The molecular weight excluding hydrogens is 186 g/mol. The Morgan fingerprint density at radius 2 is 1.53 bits per heavy atom. The summed E-state index contributed by atoms with van der Waals surface area (Å²) in [4.78, 5) is 13.9. The predicted octanol–water partition coefficient (Wildman–Crippen LogP) is 3.32. The van der Waals surface area contributed by atoms with Crippen molar-refractivity contribution >= 4 is 5.91 Å². The van der Waals surface area contributed by atoms with Gasteiger partial charge in [0.1, 0.15) is 0 Å². The maximum absolute atomic E-state index is 11.9. The van der Waals surface area contributed by atoms with Gasteiger partial charge < -0.3 is 4.90 Å². The molecule has 1 atom stereocenters. The van der Waals surface area contributed by atoms with Crippen molar-refractivity contribution in [1.82, 2.24) is 4.90 Å². The summed E-state index contributed by atoms with van der Waals surface area (Å²) in [5.74, 6) is 1.02. The zero-order chi connectivity index (χ0) is 12.0. The van der Waals surface area contributed by atoms with Crippen LogP contribution < -0.4 is 0 Å². The summed E-state index contributed by atoms with van der Waals surface area (Å²) >= 11 is 0. The SMILES string of the molecule is CCC(CC)C(CC)N(C)C(=O)C(C)C. The van der Waals surface area contributed by atoms with Gasteiger partial charge in [0.15, 0.2) is 0 Å². The Kier molecular flexibility index (Phi) is 6.62. The molecule has 0 radical (unpaired) electrons. The zero-order valence-corrected chi connectivity index (χ0v) is 11.2. The molecule has 90 valence electrons. The molecule has 0 saturated heterocycles. The van der Waals surface area contributed by atoms with Crippen LogP contribution in [0, 0.1) is 11.8 Å². The fourth-order valence-corrected chi connectivity index (χ4v) is 2.33. The van der Waals surface area contributed by atoms with Gasteiger partial charge in [-0.3, -0.25) is 4.79 Å². The number of carbonyl (C=O) groups excluding carboxylic acids is 1. The molecule has 0 aromatic rings. The number of amides is 1. The van der Waals surface area contributed by atoms with E-state index in [0.29, 0.717) is 12.0 Å². The first-order chi connectivity index (χ1) is 6.99. The molecule has 0 bridgehead atoms. The van der Waals surface area contributed by atoms with E-state index < -0.39 is 0 Å². The van der Waals surface area contributed by atoms with E-state index in [0.717, 1.165) is 19.3 Å². The molecule has 0 rings (SSSR count). The van der Waals surface area contributed by atoms with Crippen molar-refractivity contribution in [3.63, 3.8) is 0 Å². The lowest BCUT2D eigenvalue weighted by molar-refractivity contribution is -0.136. The van der Waals surface area contributed by atoms with Gasteiger partial charge >= 0.3 is 0 Å². The van der Waals surface area contributed by atoms with Gasteiger partial charge in [-0.25, -0.2) is 0 Å². The van der Waals surface area contributed by atoms with Crippen molar-refractivity contribution in [3.05, 3.63) is 0 Å². The molecule has 0 spiro atoms. The van der Waals surface area contributed by atoms with Gasteiger partial charge in [-0.05, 0) is 12.3 Å². The van der Waals surface area contributed by atoms with Crippen molar-refractivity contribution in [1.29, 1.82) is 0 Å². The first kappa shape index (κ1) is 14.5. The molecule has 1 amide bonds. The molecule has 0 aliphatic carbocycles. The van der Waals surface area contributed by atoms with Gasteiger partial charge in [-0.1, -0.05) is 47.5 Å². The molecule has 0 aliphatic rings. The van der Waals surface area contributed by atoms with E-state index in [1.165, 1.54) is 0 Å². The summed E-state index contributed by atoms with van der Waals surface area (Å²) < 4.78 is 0. The molecule has 0 N–H and O–H groups in total. The first-order valence-electron chi connectivity index (χ1n) is 6.26. The second kappa shape index (κ2) is 6.86. The first-order valence-corrected chi connectivity index (χ1v) is 6.26. The van der Waals surface area contributed by atoms with E-state index in [4.69, 9.17) is 0 Å². The maximum Gasteiger partial charge on any atom is 0.225 e. The van der Waals surface area contributed by atoms with Gasteiger partial charge in [-0.15, -0.1) is 0 Å². The second-order valence-corrected chi connectivity index (χ2v) is 4.66. The van der Waals surface area contributed by atoms with E-state index in [2.05, 4.69) is 20.8 Å². The third-order valence-corrected chi connectivity index (χ3v) is 3.35. The average Bonchev–Trinajstić information content (AvgIpc) is 2.23. The van der Waals surface area contributed by atoms with E-state index in [9.17, 15) is 4.79 Å². The molecule has 1 unspecified atom stereocenters. The largest absolute Gasteiger partial charge is 0.342 e. The van der Waals surface area contributed by atoms with Crippen LogP contribution in [0.25, 0.3) is 0 Å². The fourth-order valence-electron chi connectivity index (χ4n) is 2.33. The van der Waals surface area contributed by atoms with Crippen molar-refractivity contribution < 1.29 is 4.79 Å². The average molecular weight is 213 g/mol. The molecule has 0 saturated carbocycles. The summed E-state index contributed by atoms with van der Waals surface area (Å²) in [6, 6.07) is 0.412. The minimum absolute atomic E-state index is 0.110. The number of rotatable bonds is 6. The standard InChI is InChI=1S/C13H27NO/c1-7-11(8-2)12(9-3)14(6)13(15)10(4)5/h10-12H,7-9H2,1-6H3. The van der Waals surface area contributed by atoms with Crippen LogP contribution in [0.5, 0.6) is 0 Å². The zero-order valence-electron chi connectivity index (χ0n) is 11.2. The molecule has 2 heteroatoms. The molecule has 2 nitrogen and oxygen atoms in total. The topological polar surface area (TPSA) is 20.3 Å². The van der Waals surface area contributed by atoms with Crippen LogP contribution in [0.2, 0.25) is 0 Å². The van der Waals surface area contributed by atoms with E-state index in [1.807, 2.05) is 25.8 Å². The summed E-state index contributed by atoms with van der Waals surface area (Å²) in [6.45, 7) is 10.5. The predicted molar refractivity (Wildman–Crippen MR) is 65.8 cm³/mol. The Morgan fingerprint density at radius 3 is 1.80 bits per heavy atom. The summed E-state index contributed by atoms with van der Waals surface area (Å²) in [5, 5.41) is 0. The summed E-state index contributed by atoms with van der Waals surface area (Å²) in [7, 11) is 1.95. The Morgan fingerprint density at radius 1 is 1.07 bits per heavy atom. The lowest BCUT2D eigenvalue weighted by Crippen LogP contribution is -2.43. The summed E-state index contributed by atoms with van der Waals surface area (Å²) in [5.41, 5.74) is 0. The number of carbonyl (C=O) groups is 1. The van der Waals surface area contributed by atoms with Crippen LogP contribution in [-0.4, -0.2) is 23.9 Å². The highest BCUT2D eigenvalue weighted by atomic mass is 16.2. The minimum atomic E-state index is 0.110. The molecular formula is C13H27NO. The van der Waals surface area contributed by atoms with Gasteiger partial charge in [0, 0.05) is 19.0 Å². The highest BCUT2D eigenvalue weighted by Crippen LogP contribution is 2.21. The van der Waals surface area contributed by atoms with Crippen LogP contribution in [0.1, 0.15) is 53.9 Å². The monoisotopic (exact) mass is 213 g/mol. The number of nitrogens with zero attached hydrogens (tertiary/aromatic N) is 1. The van der Waals surface area contributed by atoms with E-state index in [1.54, 1.807) is 0 Å². The Labute approximate surface area is 95.0 Å². The highest BCUT2D eigenvalue weighted by Gasteiger charge is 2.25. The van der Waals surface area contributed by atoms with Crippen molar-refractivity contribution in [2.24, 2.45) is 11.8 Å². The van der Waals surface area contributed by atoms with Gasteiger partial charge in [0.2, 0.25) is 5.91 Å². The van der Waals surface area contributed by atoms with E-state index in [-0.39, 0.29) is 11.8 Å². The normalized spacial score (nSPS) is 13.3. The maximum atomic E-state index is 11.9. The fraction of sp³-hybridized carbons (Fsp3) is 0.923. The third-order valence-electron chi connectivity index (χ3n) is 3.35. The highest BCUT2D eigenvalue weighted by molar-refractivity contribution is 5.78. The molecule has 15 heavy (non-hydrogen) atoms. The second-order valence-electron chi connectivity index (χ2n) is 4.66. The smallest absolute Gasteiger partial charge is 0.225 e. The molecule has 0 aromatic heterocycles. The van der Waals surface area contributed by atoms with Crippen LogP contribution in [-0.2, 0) is 4.79 Å².